The van der Waals surface area contributed by atoms with Crippen LogP contribution in [0.5, 0.6) is 0 Å². The van der Waals surface area contributed by atoms with Crippen molar-refractivity contribution in [1.82, 2.24) is 0 Å². The summed E-state index contributed by atoms with van der Waals surface area (Å²) in [6.45, 7) is 6.55. The number of hydrogen-bond acceptors (Lipinski definition) is 6. The lowest BCUT2D eigenvalue weighted by molar-refractivity contribution is -0.167. The van der Waals surface area contributed by atoms with E-state index in [0.717, 1.165) is 89.9 Å². The number of allylic oxidation sites excluding steroid dienone is 6. The maximum Gasteiger partial charge on any atom is 0.306 e. The van der Waals surface area contributed by atoms with Crippen molar-refractivity contribution in [3.8, 4) is 0 Å². The summed E-state index contributed by atoms with van der Waals surface area (Å²) < 4.78 is 16.7. The van der Waals surface area contributed by atoms with E-state index in [4.69, 9.17) is 14.2 Å². The summed E-state index contributed by atoms with van der Waals surface area (Å²) in [5, 5.41) is 0. The molecule has 338 valence electrons. The average Bonchev–Trinajstić information content (AvgIpc) is 3.22. The van der Waals surface area contributed by atoms with Gasteiger partial charge >= 0.3 is 17.9 Å². The molecule has 1 atom stereocenters. The van der Waals surface area contributed by atoms with Gasteiger partial charge in [-0.25, -0.2) is 0 Å². The highest BCUT2D eigenvalue weighted by molar-refractivity contribution is 5.71. The van der Waals surface area contributed by atoms with Gasteiger partial charge in [-0.1, -0.05) is 205 Å². The lowest BCUT2D eigenvalue weighted by Crippen LogP contribution is -2.30. The largest absolute Gasteiger partial charge is 0.462 e. The van der Waals surface area contributed by atoms with Gasteiger partial charge in [0.25, 0.3) is 0 Å². The van der Waals surface area contributed by atoms with E-state index in [1.807, 2.05) is 0 Å². The lowest BCUT2D eigenvalue weighted by atomic mass is 10.1. The minimum absolute atomic E-state index is 0.0769. The zero-order chi connectivity index (χ0) is 42.3. The van der Waals surface area contributed by atoms with Crippen LogP contribution in [-0.4, -0.2) is 37.2 Å². The summed E-state index contributed by atoms with van der Waals surface area (Å²) >= 11 is 0. The Labute approximate surface area is 359 Å². The molecule has 0 aliphatic heterocycles. The van der Waals surface area contributed by atoms with Crippen LogP contribution in [0.1, 0.15) is 258 Å². The predicted octanol–water partition coefficient (Wildman–Crippen LogP) is 16.1. The topological polar surface area (TPSA) is 78.9 Å². The average molecular weight is 815 g/mol. The number of rotatable bonds is 45. The van der Waals surface area contributed by atoms with Crippen LogP contribution < -0.4 is 0 Å². The second kappa shape index (κ2) is 47.3. The molecule has 0 rings (SSSR count). The highest BCUT2D eigenvalue weighted by Crippen LogP contribution is 2.15. The summed E-state index contributed by atoms with van der Waals surface area (Å²) in [5.74, 6) is -0.891. The molecule has 0 aliphatic rings. The van der Waals surface area contributed by atoms with Crippen molar-refractivity contribution >= 4 is 17.9 Å². The summed E-state index contributed by atoms with van der Waals surface area (Å²) in [5.41, 5.74) is 0. The molecule has 0 N–H and O–H groups in total. The van der Waals surface area contributed by atoms with Crippen LogP contribution in [0, 0.1) is 0 Å². The molecule has 0 saturated heterocycles. The molecule has 0 fully saturated rings. The van der Waals surface area contributed by atoms with Crippen molar-refractivity contribution in [1.29, 1.82) is 0 Å². The maximum absolute atomic E-state index is 12.7. The quantitative estimate of drug-likeness (QED) is 0.0264. The molecule has 0 bridgehead atoms. The summed E-state index contributed by atoms with van der Waals surface area (Å²) in [4.78, 5) is 37.8. The first-order chi connectivity index (χ1) is 28.5. The van der Waals surface area contributed by atoms with Gasteiger partial charge in [-0.2, -0.15) is 0 Å². The molecular weight excluding hydrogens is 721 g/mol. The Kier molecular flexibility index (Phi) is 45.4. The van der Waals surface area contributed by atoms with Gasteiger partial charge in [-0.15, -0.1) is 0 Å². The number of ether oxygens (including phenoxy) is 3. The fraction of sp³-hybridized carbons (Fsp3) is 0.827. The first kappa shape index (κ1) is 55.6. The molecule has 0 amide bonds. The van der Waals surface area contributed by atoms with E-state index in [0.29, 0.717) is 19.3 Å². The predicted molar refractivity (Wildman–Crippen MR) is 247 cm³/mol. The van der Waals surface area contributed by atoms with Crippen molar-refractivity contribution in [3.63, 3.8) is 0 Å². The Bertz CT molecular complexity index is 984. The molecule has 0 aliphatic carbocycles. The Hall–Kier alpha value is -2.37. The van der Waals surface area contributed by atoms with Gasteiger partial charge < -0.3 is 14.2 Å². The number of hydrogen-bond donors (Lipinski definition) is 0. The van der Waals surface area contributed by atoms with Gasteiger partial charge in [0, 0.05) is 19.3 Å². The second-order valence-electron chi connectivity index (χ2n) is 16.7. The molecule has 0 spiro atoms. The third-order valence-corrected chi connectivity index (χ3v) is 10.8. The van der Waals surface area contributed by atoms with Gasteiger partial charge in [-0.3, -0.25) is 14.4 Å². The number of carbonyl (C=O) groups excluding carboxylic acids is 3. The van der Waals surface area contributed by atoms with Crippen LogP contribution in [-0.2, 0) is 28.6 Å². The molecule has 0 aromatic carbocycles. The molecule has 1 unspecified atom stereocenters. The van der Waals surface area contributed by atoms with E-state index in [-0.39, 0.29) is 31.1 Å². The monoisotopic (exact) mass is 815 g/mol. The highest BCUT2D eigenvalue weighted by Gasteiger charge is 2.19. The summed E-state index contributed by atoms with van der Waals surface area (Å²) in [7, 11) is 0. The van der Waals surface area contributed by atoms with E-state index in [1.165, 1.54) is 128 Å². The van der Waals surface area contributed by atoms with E-state index in [2.05, 4.69) is 57.2 Å². The summed E-state index contributed by atoms with van der Waals surface area (Å²) in [6.07, 6.45) is 54.1. The van der Waals surface area contributed by atoms with Gasteiger partial charge in [-0.05, 0) is 70.6 Å². The first-order valence-electron chi connectivity index (χ1n) is 25.0. The number of unbranched alkanes of at least 4 members (excludes halogenated alkanes) is 28. The fourth-order valence-electron chi connectivity index (χ4n) is 7.06. The maximum atomic E-state index is 12.7. The van der Waals surface area contributed by atoms with E-state index in [9.17, 15) is 14.4 Å². The van der Waals surface area contributed by atoms with Crippen LogP contribution in [0.4, 0.5) is 0 Å². The molecule has 0 aromatic rings. The Morgan fingerprint density at radius 3 is 1.03 bits per heavy atom. The Morgan fingerprint density at radius 1 is 0.345 bits per heavy atom. The van der Waals surface area contributed by atoms with Gasteiger partial charge in [0.15, 0.2) is 6.10 Å². The van der Waals surface area contributed by atoms with E-state index >= 15 is 0 Å². The number of esters is 3. The van der Waals surface area contributed by atoms with Crippen molar-refractivity contribution in [2.45, 2.75) is 264 Å². The van der Waals surface area contributed by atoms with Gasteiger partial charge in [0.2, 0.25) is 0 Å². The fourth-order valence-corrected chi connectivity index (χ4v) is 7.06. The molecule has 6 heteroatoms. The molecular formula is C52H94O6. The SMILES string of the molecule is CCC/C=C\C/C=C\CCCCCCCC(=O)OC(COC(=O)CCCCCCCCC/C=C\CCCCCCCC)COC(=O)CCCCCCCCCCCC. The molecule has 0 saturated carbocycles. The van der Waals surface area contributed by atoms with Crippen molar-refractivity contribution in [2.24, 2.45) is 0 Å². The van der Waals surface area contributed by atoms with Crippen LogP contribution in [0.2, 0.25) is 0 Å². The minimum Gasteiger partial charge on any atom is -0.462 e. The van der Waals surface area contributed by atoms with Crippen LogP contribution >= 0.6 is 0 Å². The van der Waals surface area contributed by atoms with E-state index < -0.39 is 6.10 Å². The number of carbonyl (C=O) groups is 3. The van der Waals surface area contributed by atoms with Gasteiger partial charge in [0.05, 0.1) is 0 Å². The lowest BCUT2D eigenvalue weighted by Gasteiger charge is -2.18. The van der Waals surface area contributed by atoms with E-state index in [1.54, 1.807) is 0 Å². The third-order valence-electron chi connectivity index (χ3n) is 10.8. The van der Waals surface area contributed by atoms with Crippen LogP contribution in [0.3, 0.4) is 0 Å². The standard InChI is InChI=1S/C52H94O6/c1-4-7-10-13-16-19-22-24-25-26-27-29-30-33-36-39-42-45-51(54)57-48-49(47-56-50(53)44-41-38-35-32-21-18-15-12-9-6-3)58-52(55)46-43-40-37-34-31-28-23-20-17-14-11-8-5-2/h11,14,20,23-25,49H,4-10,12-13,15-19,21-22,26-48H2,1-3H3/b14-11-,23-20-,25-24-. The smallest absolute Gasteiger partial charge is 0.306 e. The molecule has 0 heterocycles. The normalized spacial score (nSPS) is 12.3. The molecule has 0 radical (unpaired) electrons. The zero-order valence-electron chi connectivity index (χ0n) is 38.6. The molecule has 58 heavy (non-hydrogen) atoms. The van der Waals surface area contributed by atoms with Crippen molar-refractivity contribution in [2.75, 3.05) is 13.2 Å². The Balaban J connectivity index is 4.34. The second-order valence-corrected chi connectivity index (χ2v) is 16.7. The van der Waals surface area contributed by atoms with Crippen molar-refractivity contribution < 1.29 is 28.6 Å². The van der Waals surface area contributed by atoms with Gasteiger partial charge in [0.1, 0.15) is 13.2 Å². The minimum atomic E-state index is -0.776. The third kappa shape index (κ3) is 44.7. The Morgan fingerprint density at radius 2 is 0.655 bits per heavy atom. The molecule has 0 aromatic heterocycles. The van der Waals surface area contributed by atoms with Crippen LogP contribution in [0.15, 0.2) is 36.5 Å². The summed E-state index contributed by atoms with van der Waals surface area (Å²) in [6, 6.07) is 0. The highest BCUT2D eigenvalue weighted by atomic mass is 16.6. The zero-order valence-corrected chi connectivity index (χ0v) is 38.6. The van der Waals surface area contributed by atoms with Crippen molar-refractivity contribution in [3.05, 3.63) is 36.5 Å². The van der Waals surface area contributed by atoms with Crippen LogP contribution in [0.25, 0.3) is 0 Å². The first-order valence-corrected chi connectivity index (χ1v) is 25.0. The molecule has 6 nitrogen and oxygen atoms in total.